The second-order valence-corrected chi connectivity index (χ2v) is 8.28. The summed E-state index contributed by atoms with van der Waals surface area (Å²) in [5.41, 5.74) is 10.6. The van der Waals surface area contributed by atoms with Crippen LogP contribution in [0.4, 0.5) is 0 Å². The van der Waals surface area contributed by atoms with E-state index in [0.29, 0.717) is 13.0 Å². The third-order valence-electron chi connectivity index (χ3n) is 3.81. The Morgan fingerprint density at radius 1 is 1.17 bits per heavy atom. The summed E-state index contributed by atoms with van der Waals surface area (Å²) in [4.78, 5) is 14.7. The van der Waals surface area contributed by atoms with E-state index in [9.17, 15) is 4.79 Å². The van der Waals surface area contributed by atoms with Gasteiger partial charge in [0.2, 0.25) is 0 Å². The minimum atomic E-state index is -0.530. The summed E-state index contributed by atoms with van der Waals surface area (Å²) in [7, 11) is 0. The van der Waals surface area contributed by atoms with Crippen molar-refractivity contribution in [2.75, 3.05) is 13.2 Å². The molecule has 0 aromatic heterocycles. The van der Waals surface area contributed by atoms with Crippen LogP contribution in [-0.4, -0.2) is 19.1 Å². The number of ether oxygens (including phenoxy) is 1. The second kappa shape index (κ2) is 8.20. The first-order valence-corrected chi connectivity index (χ1v) is 8.31. The van der Waals surface area contributed by atoms with Crippen molar-refractivity contribution in [2.45, 2.75) is 53.4 Å². The minimum absolute atomic E-state index is 0.0207. The highest BCUT2D eigenvalue weighted by Crippen LogP contribution is 2.23. The lowest BCUT2D eigenvalue weighted by Crippen LogP contribution is -2.27. The van der Waals surface area contributed by atoms with E-state index in [1.165, 1.54) is 5.56 Å². The molecule has 24 heavy (non-hydrogen) atoms. The summed E-state index contributed by atoms with van der Waals surface area (Å²) < 4.78 is 5.39. The van der Waals surface area contributed by atoms with E-state index in [1.807, 2.05) is 20.8 Å². The Kier molecular flexibility index (Phi) is 6.85. The Hall–Kier alpha value is -2.00. The van der Waals surface area contributed by atoms with Crippen LogP contribution in [0.2, 0.25) is 0 Å². The molecule has 0 saturated heterocycles. The number of hydrogen-bond acceptors (Lipinski definition) is 3. The maximum Gasteiger partial charge on any atom is 0.311 e. The summed E-state index contributed by atoms with van der Waals surface area (Å²) in [6.07, 6.45) is 0.709. The topological polar surface area (TPSA) is 75.1 Å². The zero-order chi connectivity index (χ0) is 18.4. The lowest BCUT2D eigenvalue weighted by Gasteiger charge is -2.21. The maximum atomic E-state index is 11.9. The standard InChI is InChI=1S/C19H29N3O2/c1-18(2,3)16-9-7-14(8-10-16)11-15(12-21-22-20)13-24-17(23)19(4,5)6/h7-10,15H,11-13H2,1-6H3/t15-/m1/s1. The van der Waals surface area contributed by atoms with Gasteiger partial charge in [-0.15, -0.1) is 0 Å². The molecule has 1 rings (SSSR count). The van der Waals surface area contributed by atoms with Crippen molar-refractivity contribution in [3.05, 3.63) is 45.8 Å². The van der Waals surface area contributed by atoms with Crippen LogP contribution in [0.15, 0.2) is 29.4 Å². The minimum Gasteiger partial charge on any atom is -0.465 e. The molecule has 1 aromatic rings. The average molecular weight is 331 g/mol. The smallest absolute Gasteiger partial charge is 0.311 e. The Morgan fingerprint density at radius 2 is 1.75 bits per heavy atom. The van der Waals surface area contributed by atoms with E-state index in [-0.39, 0.29) is 23.9 Å². The van der Waals surface area contributed by atoms with Gasteiger partial charge >= 0.3 is 5.97 Å². The molecule has 0 aliphatic heterocycles. The van der Waals surface area contributed by atoms with Gasteiger partial charge in [0.05, 0.1) is 12.0 Å². The monoisotopic (exact) mass is 331 g/mol. The van der Waals surface area contributed by atoms with E-state index in [2.05, 4.69) is 55.1 Å². The molecule has 0 unspecified atom stereocenters. The Labute approximate surface area is 145 Å². The van der Waals surface area contributed by atoms with Gasteiger partial charge in [0, 0.05) is 17.4 Å². The van der Waals surface area contributed by atoms with Crippen molar-refractivity contribution in [1.29, 1.82) is 0 Å². The van der Waals surface area contributed by atoms with Gasteiger partial charge in [0.25, 0.3) is 0 Å². The lowest BCUT2D eigenvalue weighted by atomic mass is 9.86. The molecule has 0 aliphatic carbocycles. The zero-order valence-corrected chi connectivity index (χ0v) is 15.7. The van der Waals surface area contributed by atoms with Gasteiger partial charge in [-0.3, -0.25) is 4.79 Å². The van der Waals surface area contributed by atoms with Gasteiger partial charge in [-0.1, -0.05) is 50.2 Å². The summed E-state index contributed by atoms with van der Waals surface area (Å²) in [6, 6.07) is 8.44. The predicted octanol–water partition coefficient (Wildman–Crippen LogP) is 5.04. The van der Waals surface area contributed by atoms with Crippen LogP contribution in [0.5, 0.6) is 0 Å². The normalized spacial score (nSPS) is 13.1. The van der Waals surface area contributed by atoms with Gasteiger partial charge in [-0.2, -0.15) is 0 Å². The molecule has 0 radical (unpaired) electrons. The third kappa shape index (κ3) is 6.63. The van der Waals surface area contributed by atoms with Crippen molar-refractivity contribution in [2.24, 2.45) is 16.4 Å². The molecule has 0 aliphatic rings. The van der Waals surface area contributed by atoms with Crippen LogP contribution in [0.1, 0.15) is 52.7 Å². The zero-order valence-electron chi connectivity index (χ0n) is 15.7. The Balaban J connectivity index is 2.75. The molecule has 0 N–H and O–H groups in total. The first kappa shape index (κ1) is 20.0. The maximum absolute atomic E-state index is 11.9. The number of carbonyl (C=O) groups excluding carboxylic acids is 1. The van der Waals surface area contributed by atoms with Crippen LogP contribution in [0, 0.1) is 11.3 Å². The van der Waals surface area contributed by atoms with E-state index in [1.54, 1.807) is 0 Å². The van der Waals surface area contributed by atoms with Gasteiger partial charge in [0.15, 0.2) is 0 Å². The van der Waals surface area contributed by atoms with Gasteiger partial charge in [-0.05, 0) is 49.3 Å². The number of esters is 1. The van der Waals surface area contributed by atoms with Crippen molar-refractivity contribution in [1.82, 2.24) is 0 Å². The molecule has 0 amide bonds. The number of benzene rings is 1. The van der Waals surface area contributed by atoms with E-state index >= 15 is 0 Å². The average Bonchev–Trinajstić information content (AvgIpc) is 2.48. The van der Waals surface area contributed by atoms with Crippen LogP contribution in [-0.2, 0) is 21.4 Å². The van der Waals surface area contributed by atoms with Gasteiger partial charge in [0.1, 0.15) is 0 Å². The SMILES string of the molecule is CC(C)(C)C(=O)OC[C@@H](CN=[N+]=[N-])Cc1ccc(C(C)(C)C)cc1. The molecule has 1 atom stereocenters. The van der Waals surface area contributed by atoms with Crippen molar-refractivity contribution >= 4 is 5.97 Å². The highest BCUT2D eigenvalue weighted by molar-refractivity contribution is 5.75. The van der Waals surface area contributed by atoms with Gasteiger partial charge < -0.3 is 4.74 Å². The molecule has 0 fully saturated rings. The van der Waals surface area contributed by atoms with E-state index < -0.39 is 5.41 Å². The summed E-state index contributed by atoms with van der Waals surface area (Å²) in [5, 5.41) is 3.65. The summed E-state index contributed by atoms with van der Waals surface area (Å²) in [5.74, 6) is -0.260. The molecule has 132 valence electrons. The number of rotatable bonds is 6. The van der Waals surface area contributed by atoms with Crippen molar-refractivity contribution in [3.8, 4) is 0 Å². The third-order valence-corrected chi connectivity index (χ3v) is 3.81. The second-order valence-electron chi connectivity index (χ2n) is 8.28. The van der Waals surface area contributed by atoms with Crippen molar-refractivity contribution < 1.29 is 9.53 Å². The predicted molar refractivity (Wildman–Crippen MR) is 96.8 cm³/mol. The van der Waals surface area contributed by atoms with Crippen LogP contribution >= 0.6 is 0 Å². The molecule has 0 saturated carbocycles. The molecule has 5 nitrogen and oxygen atoms in total. The quantitative estimate of drug-likeness (QED) is 0.317. The van der Waals surface area contributed by atoms with E-state index in [4.69, 9.17) is 10.3 Å². The fourth-order valence-electron chi connectivity index (χ4n) is 2.21. The molecule has 5 heteroatoms. The number of azide groups is 1. The number of hydrogen-bond donors (Lipinski definition) is 0. The Morgan fingerprint density at radius 3 is 2.21 bits per heavy atom. The molecular weight excluding hydrogens is 302 g/mol. The highest BCUT2D eigenvalue weighted by atomic mass is 16.5. The summed E-state index contributed by atoms with van der Waals surface area (Å²) >= 11 is 0. The first-order valence-electron chi connectivity index (χ1n) is 8.31. The van der Waals surface area contributed by atoms with E-state index in [0.717, 1.165) is 5.56 Å². The van der Waals surface area contributed by atoms with Crippen LogP contribution < -0.4 is 0 Å². The molecular formula is C19H29N3O2. The highest BCUT2D eigenvalue weighted by Gasteiger charge is 2.24. The molecule has 0 heterocycles. The Bertz CT molecular complexity index is 589. The molecule has 0 bridgehead atoms. The van der Waals surface area contributed by atoms with Crippen LogP contribution in [0.25, 0.3) is 10.4 Å². The van der Waals surface area contributed by atoms with Crippen molar-refractivity contribution in [3.63, 3.8) is 0 Å². The number of carbonyl (C=O) groups is 1. The largest absolute Gasteiger partial charge is 0.465 e. The lowest BCUT2D eigenvalue weighted by molar-refractivity contribution is -0.154. The summed E-state index contributed by atoms with van der Waals surface area (Å²) in [6.45, 7) is 12.6. The number of nitrogens with zero attached hydrogens (tertiary/aromatic N) is 3. The first-order chi connectivity index (χ1) is 11.0. The fraction of sp³-hybridized carbons (Fsp3) is 0.632. The van der Waals surface area contributed by atoms with Crippen LogP contribution in [0.3, 0.4) is 0 Å². The molecule has 1 aromatic carbocycles. The van der Waals surface area contributed by atoms with Gasteiger partial charge in [-0.25, -0.2) is 0 Å². The fourth-order valence-corrected chi connectivity index (χ4v) is 2.21. The molecule has 0 spiro atoms.